The first-order chi connectivity index (χ1) is 8.39. The fourth-order valence-electron chi connectivity index (χ4n) is 0.231. The van der Waals surface area contributed by atoms with Crippen LogP contribution in [0.2, 0.25) is 0 Å². The fraction of sp³-hybridized carbons (Fsp3) is 0.667. The molecule has 0 aromatic rings. The third kappa shape index (κ3) is 6.35. The summed E-state index contributed by atoms with van der Waals surface area (Å²) in [5, 5.41) is 18.2. The molecule has 0 spiro atoms. The monoisotopic (exact) mass is 384 g/mol. The molecule has 0 saturated heterocycles. The maximum atomic E-state index is 11.3. The Kier molecular flexibility index (Phi) is 8.40. The first-order valence-electron chi connectivity index (χ1n) is 3.71. The van der Waals surface area contributed by atoms with Crippen molar-refractivity contribution in [3.8, 4) is 0 Å². The van der Waals surface area contributed by atoms with Crippen molar-refractivity contribution in [2.24, 2.45) is 0 Å². The zero-order valence-electron chi connectivity index (χ0n) is 8.73. The van der Waals surface area contributed by atoms with Crippen molar-refractivity contribution < 1.29 is 80.2 Å². The standard InChI is InChI=1S/2C3HF5O2.Ni/c2*4-2(5,1(9)10)3(6,7)8;/h2*(H,9,10);/q;;+2/p-2. The van der Waals surface area contributed by atoms with Crippen molar-refractivity contribution in [1.29, 1.82) is 0 Å². The Labute approximate surface area is 117 Å². The van der Waals surface area contributed by atoms with Gasteiger partial charge in [0.2, 0.25) is 0 Å². The third-order valence-electron chi connectivity index (χ3n) is 1.22. The summed E-state index contributed by atoms with van der Waals surface area (Å²) in [7, 11) is 0. The number of halogens is 10. The Balaban J connectivity index is -0.000000295. The minimum Gasteiger partial charge on any atom is -0.544 e. The molecule has 0 heterocycles. The molecule has 0 saturated carbocycles. The predicted molar refractivity (Wildman–Crippen MR) is 32.0 cm³/mol. The summed E-state index contributed by atoms with van der Waals surface area (Å²) in [6, 6.07) is 0. The van der Waals surface area contributed by atoms with Gasteiger partial charge in [-0.25, -0.2) is 0 Å². The third-order valence-corrected chi connectivity index (χ3v) is 1.22. The number of alkyl halides is 10. The Morgan fingerprint density at radius 1 is 0.571 bits per heavy atom. The van der Waals surface area contributed by atoms with Gasteiger partial charge < -0.3 is 19.8 Å². The molecule has 0 rings (SSSR count). The van der Waals surface area contributed by atoms with Crippen LogP contribution in [0.3, 0.4) is 0 Å². The molecule has 0 aliphatic rings. The smallest absolute Gasteiger partial charge is 0.544 e. The van der Waals surface area contributed by atoms with E-state index in [1.807, 2.05) is 0 Å². The van der Waals surface area contributed by atoms with Crippen LogP contribution in [-0.4, -0.2) is 36.1 Å². The van der Waals surface area contributed by atoms with E-state index in [1.54, 1.807) is 0 Å². The Hall–Kier alpha value is -1.27. The van der Waals surface area contributed by atoms with Gasteiger partial charge >= 0.3 is 40.7 Å². The van der Waals surface area contributed by atoms with Crippen molar-refractivity contribution in [2.75, 3.05) is 0 Å². The zero-order chi connectivity index (χ0) is 17.2. The molecule has 0 atom stereocenters. The molecule has 0 fully saturated rings. The molecule has 0 N–H and O–H groups in total. The minimum atomic E-state index is -6.08. The maximum Gasteiger partial charge on any atom is 2.00 e. The molecule has 128 valence electrons. The molecular formula is C6F10NiO4. The quantitative estimate of drug-likeness (QED) is 0.490. The maximum absolute atomic E-state index is 11.3. The van der Waals surface area contributed by atoms with Crippen LogP contribution in [-0.2, 0) is 26.1 Å². The summed E-state index contributed by atoms with van der Waals surface area (Å²) in [6.07, 6.45) is -12.2. The van der Waals surface area contributed by atoms with E-state index in [-0.39, 0.29) is 16.5 Å². The van der Waals surface area contributed by atoms with Crippen LogP contribution in [0.25, 0.3) is 0 Å². The van der Waals surface area contributed by atoms with Gasteiger partial charge in [-0.1, -0.05) is 0 Å². The largest absolute Gasteiger partial charge is 2.00 e. The molecule has 0 aliphatic heterocycles. The van der Waals surface area contributed by atoms with Crippen LogP contribution in [0, 0.1) is 0 Å². The molecule has 4 nitrogen and oxygen atoms in total. The second-order valence-corrected chi connectivity index (χ2v) is 2.72. The first-order valence-corrected chi connectivity index (χ1v) is 3.71. The van der Waals surface area contributed by atoms with E-state index in [0.29, 0.717) is 0 Å². The van der Waals surface area contributed by atoms with E-state index < -0.39 is 36.1 Å². The average molecular weight is 385 g/mol. The van der Waals surface area contributed by atoms with Crippen LogP contribution in [0.5, 0.6) is 0 Å². The van der Waals surface area contributed by atoms with Crippen LogP contribution in [0.4, 0.5) is 43.9 Å². The number of carboxylic acids is 2. The predicted octanol–water partition coefficient (Wildman–Crippen LogP) is -0.135. The number of hydrogen-bond acceptors (Lipinski definition) is 4. The molecule has 0 aliphatic carbocycles. The van der Waals surface area contributed by atoms with E-state index in [9.17, 15) is 43.9 Å². The van der Waals surface area contributed by atoms with Gasteiger partial charge in [-0.05, 0) is 0 Å². The fourth-order valence-corrected chi connectivity index (χ4v) is 0.231. The zero-order valence-corrected chi connectivity index (χ0v) is 9.72. The van der Waals surface area contributed by atoms with Gasteiger partial charge in [-0.15, -0.1) is 0 Å². The molecule has 15 heteroatoms. The molecule has 0 unspecified atom stereocenters. The van der Waals surface area contributed by atoms with E-state index in [2.05, 4.69) is 0 Å². The summed E-state index contributed by atoms with van der Waals surface area (Å²) >= 11 is 0. The molecule has 0 radical (unpaired) electrons. The summed E-state index contributed by atoms with van der Waals surface area (Å²) in [4.78, 5) is 18.2. The summed E-state index contributed by atoms with van der Waals surface area (Å²) in [5.41, 5.74) is 0. The van der Waals surface area contributed by atoms with Crippen LogP contribution in [0.15, 0.2) is 0 Å². The van der Waals surface area contributed by atoms with Crippen molar-refractivity contribution >= 4 is 11.9 Å². The van der Waals surface area contributed by atoms with Gasteiger partial charge in [-0.3, -0.25) is 0 Å². The normalized spacial score (nSPS) is 12.7. The van der Waals surface area contributed by atoms with Crippen molar-refractivity contribution in [3.05, 3.63) is 0 Å². The van der Waals surface area contributed by atoms with Gasteiger partial charge in [0.15, 0.2) is 0 Å². The molecule has 0 bridgehead atoms. The number of aliphatic carboxylic acids is 2. The van der Waals surface area contributed by atoms with Gasteiger partial charge in [0.05, 0.1) is 0 Å². The van der Waals surface area contributed by atoms with E-state index >= 15 is 0 Å². The van der Waals surface area contributed by atoms with Gasteiger partial charge in [0.1, 0.15) is 11.9 Å². The molecule has 0 aromatic heterocycles. The van der Waals surface area contributed by atoms with Gasteiger partial charge in [-0.2, -0.15) is 43.9 Å². The van der Waals surface area contributed by atoms with Gasteiger partial charge in [0, 0.05) is 0 Å². The SMILES string of the molecule is O=C([O-])C(F)(F)C(F)(F)F.O=C([O-])C(F)(F)C(F)(F)F.[Ni+2]. The Morgan fingerprint density at radius 3 is 0.714 bits per heavy atom. The van der Waals surface area contributed by atoms with Crippen LogP contribution in [0.1, 0.15) is 0 Å². The molecule has 21 heavy (non-hydrogen) atoms. The van der Waals surface area contributed by atoms with Crippen molar-refractivity contribution in [1.82, 2.24) is 0 Å². The summed E-state index contributed by atoms with van der Waals surface area (Å²) in [5.74, 6) is -18.4. The first kappa shape index (κ1) is 24.7. The number of carbonyl (C=O) groups excluding carboxylic acids is 2. The van der Waals surface area contributed by atoms with Crippen molar-refractivity contribution in [3.63, 3.8) is 0 Å². The average Bonchev–Trinajstić information content (AvgIpc) is 2.14. The number of hydrogen-bond donors (Lipinski definition) is 0. The molecule has 0 aromatic carbocycles. The van der Waals surface area contributed by atoms with E-state index in [0.717, 1.165) is 0 Å². The van der Waals surface area contributed by atoms with E-state index in [1.165, 1.54) is 0 Å². The second kappa shape index (κ2) is 7.14. The van der Waals surface area contributed by atoms with E-state index in [4.69, 9.17) is 19.8 Å². The van der Waals surface area contributed by atoms with Crippen molar-refractivity contribution in [2.45, 2.75) is 24.2 Å². The molecular weight excluding hydrogens is 385 g/mol. The van der Waals surface area contributed by atoms with Crippen LogP contribution >= 0.6 is 0 Å². The number of carboxylic acid groups (broad SMARTS) is 2. The minimum absolute atomic E-state index is 0. The topological polar surface area (TPSA) is 80.3 Å². The number of carbonyl (C=O) groups is 2. The van der Waals surface area contributed by atoms with Crippen LogP contribution < -0.4 is 10.2 Å². The summed E-state index contributed by atoms with van der Waals surface area (Å²) in [6.45, 7) is 0. The van der Waals surface area contributed by atoms with Gasteiger partial charge in [0.25, 0.3) is 0 Å². The second-order valence-electron chi connectivity index (χ2n) is 2.72. The summed E-state index contributed by atoms with van der Waals surface area (Å²) < 4.78 is 111. The Bertz CT molecular complexity index is 337. The number of rotatable bonds is 2. The molecule has 0 amide bonds. The Morgan fingerprint density at radius 2 is 0.714 bits per heavy atom.